The van der Waals surface area contributed by atoms with Crippen LogP contribution >= 0.6 is 11.8 Å². The lowest BCUT2D eigenvalue weighted by Gasteiger charge is -2.25. The van der Waals surface area contributed by atoms with Crippen molar-refractivity contribution in [3.05, 3.63) is 23.8 Å². The van der Waals surface area contributed by atoms with Crippen LogP contribution in [0.2, 0.25) is 0 Å². The lowest BCUT2D eigenvalue weighted by molar-refractivity contribution is 0.353. The minimum Gasteiger partial charge on any atom is -0.493 e. The molecule has 112 valence electrons. The Kier molecular flexibility index (Phi) is 6.05. The van der Waals surface area contributed by atoms with Gasteiger partial charge in [-0.05, 0) is 49.3 Å². The van der Waals surface area contributed by atoms with E-state index in [9.17, 15) is 0 Å². The molecule has 0 radical (unpaired) electrons. The Morgan fingerprint density at radius 3 is 2.70 bits per heavy atom. The van der Waals surface area contributed by atoms with Gasteiger partial charge < -0.3 is 14.8 Å². The van der Waals surface area contributed by atoms with E-state index in [1.807, 2.05) is 6.07 Å². The van der Waals surface area contributed by atoms with Crippen molar-refractivity contribution in [3.63, 3.8) is 0 Å². The van der Waals surface area contributed by atoms with Gasteiger partial charge in [0.1, 0.15) is 0 Å². The fourth-order valence-corrected chi connectivity index (χ4v) is 4.09. The molecule has 2 atom stereocenters. The average Bonchev–Trinajstić information content (AvgIpc) is 3.01. The molecule has 2 rings (SSSR count). The molecule has 1 aromatic rings. The summed E-state index contributed by atoms with van der Waals surface area (Å²) in [6.07, 6.45) is 3.77. The van der Waals surface area contributed by atoms with E-state index in [0.717, 1.165) is 24.5 Å². The van der Waals surface area contributed by atoms with Crippen LogP contribution in [0.3, 0.4) is 0 Å². The third-order valence-electron chi connectivity index (χ3n) is 3.72. The molecule has 0 aromatic heterocycles. The van der Waals surface area contributed by atoms with Gasteiger partial charge in [-0.15, -0.1) is 0 Å². The molecule has 20 heavy (non-hydrogen) atoms. The molecule has 3 nitrogen and oxygen atoms in total. The second-order valence-electron chi connectivity index (χ2n) is 5.10. The van der Waals surface area contributed by atoms with Gasteiger partial charge in [0, 0.05) is 11.3 Å². The third-order valence-corrected chi connectivity index (χ3v) is 5.18. The molecular formula is C16H25NO2S. The molecule has 1 N–H and O–H groups in total. The Morgan fingerprint density at radius 1 is 1.30 bits per heavy atom. The van der Waals surface area contributed by atoms with Crippen LogP contribution in [0, 0.1) is 0 Å². The fourth-order valence-electron chi connectivity index (χ4n) is 2.68. The van der Waals surface area contributed by atoms with Gasteiger partial charge in [0.15, 0.2) is 11.5 Å². The third kappa shape index (κ3) is 3.61. The molecule has 1 aromatic carbocycles. The van der Waals surface area contributed by atoms with Crippen molar-refractivity contribution >= 4 is 11.8 Å². The number of hydrogen-bond acceptors (Lipinski definition) is 4. The van der Waals surface area contributed by atoms with Gasteiger partial charge in [-0.25, -0.2) is 0 Å². The lowest BCUT2D eigenvalue weighted by Crippen LogP contribution is -2.29. The molecule has 0 aliphatic carbocycles. The maximum Gasteiger partial charge on any atom is 0.161 e. The molecule has 0 saturated carbocycles. The Bertz CT molecular complexity index is 419. The van der Waals surface area contributed by atoms with E-state index >= 15 is 0 Å². The topological polar surface area (TPSA) is 30.5 Å². The first-order chi connectivity index (χ1) is 9.80. The minimum atomic E-state index is 0.405. The highest BCUT2D eigenvalue weighted by Crippen LogP contribution is 2.38. The van der Waals surface area contributed by atoms with Crippen LogP contribution in [-0.4, -0.2) is 31.8 Å². The Morgan fingerprint density at radius 2 is 2.10 bits per heavy atom. The van der Waals surface area contributed by atoms with Gasteiger partial charge in [0.05, 0.1) is 14.2 Å². The van der Waals surface area contributed by atoms with Gasteiger partial charge in [-0.3, -0.25) is 0 Å². The number of ether oxygens (including phenoxy) is 2. The maximum absolute atomic E-state index is 5.43. The Hall–Kier alpha value is -0.870. The second kappa shape index (κ2) is 7.79. The van der Waals surface area contributed by atoms with Crippen molar-refractivity contribution in [2.45, 2.75) is 37.5 Å². The predicted molar refractivity (Wildman–Crippen MR) is 86.1 cm³/mol. The van der Waals surface area contributed by atoms with Gasteiger partial charge in [0.25, 0.3) is 0 Å². The van der Waals surface area contributed by atoms with Crippen molar-refractivity contribution in [2.24, 2.45) is 0 Å². The molecule has 1 aliphatic rings. The first-order valence-electron chi connectivity index (χ1n) is 7.37. The number of rotatable bonds is 7. The largest absolute Gasteiger partial charge is 0.493 e. The van der Waals surface area contributed by atoms with Crippen LogP contribution in [0.4, 0.5) is 0 Å². The summed E-state index contributed by atoms with van der Waals surface area (Å²) in [5, 5.41) is 4.37. The van der Waals surface area contributed by atoms with E-state index in [-0.39, 0.29) is 0 Å². The zero-order chi connectivity index (χ0) is 14.4. The number of thioether (sulfide) groups is 1. The van der Waals surface area contributed by atoms with E-state index < -0.39 is 0 Å². The standard InChI is InChI=1S/C16H25NO2S/c1-4-9-17-16(15-6-5-10-20-15)12-7-8-13(18-2)14(11-12)19-3/h7-8,11,15-17H,4-6,9-10H2,1-3H3. The summed E-state index contributed by atoms with van der Waals surface area (Å²) in [5.74, 6) is 2.89. The monoisotopic (exact) mass is 295 g/mol. The first-order valence-corrected chi connectivity index (χ1v) is 8.42. The highest BCUT2D eigenvalue weighted by atomic mass is 32.2. The summed E-state index contributed by atoms with van der Waals surface area (Å²) < 4.78 is 10.8. The molecule has 0 amide bonds. The highest BCUT2D eigenvalue weighted by molar-refractivity contribution is 8.00. The fraction of sp³-hybridized carbons (Fsp3) is 0.625. The van der Waals surface area contributed by atoms with E-state index in [4.69, 9.17) is 9.47 Å². The van der Waals surface area contributed by atoms with Crippen LogP contribution < -0.4 is 14.8 Å². The van der Waals surface area contributed by atoms with Crippen molar-refractivity contribution in [1.29, 1.82) is 0 Å². The average molecular weight is 295 g/mol. The van der Waals surface area contributed by atoms with Crippen molar-refractivity contribution in [1.82, 2.24) is 5.32 Å². The summed E-state index contributed by atoms with van der Waals surface area (Å²) >= 11 is 2.08. The molecule has 2 unspecified atom stereocenters. The highest BCUT2D eigenvalue weighted by Gasteiger charge is 2.27. The first kappa shape index (κ1) is 15.5. The molecule has 1 aliphatic heterocycles. The maximum atomic E-state index is 5.43. The molecule has 4 heteroatoms. The van der Waals surface area contributed by atoms with Crippen LogP contribution in [0.15, 0.2) is 18.2 Å². The van der Waals surface area contributed by atoms with Crippen molar-refractivity contribution in [3.8, 4) is 11.5 Å². The molecule has 1 fully saturated rings. The van der Waals surface area contributed by atoms with Crippen LogP contribution in [0.5, 0.6) is 11.5 Å². The predicted octanol–water partition coefficient (Wildman–Crippen LogP) is 3.64. The quantitative estimate of drug-likeness (QED) is 0.832. The summed E-state index contributed by atoms with van der Waals surface area (Å²) in [6.45, 7) is 3.26. The van der Waals surface area contributed by atoms with E-state index in [2.05, 4.69) is 36.1 Å². The van der Waals surface area contributed by atoms with Crippen LogP contribution in [0.25, 0.3) is 0 Å². The van der Waals surface area contributed by atoms with Gasteiger partial charge in [-0.1, -0.05) is 13.0 Å². The molecule has 0 spiro atoms. The number of nitrogens with one attached hydrogen (secondary N) is 1. The Balaban J connectivity index is 2.22. The van der Waals surface area contributed by atoms with Gasteiger partial charge in [0.2, 0.25) is 0 Å². The summed E-state index contributed by atoms with van der Waals surface area (Å²) in [6, 6.07) is 6.69. The zero-order valence-corrected chi connectivity index (χ0v) is 13.5. The molecular weight excluding hydrogens is 270 g/mol. The molecule has 1 saturated heterocycles. The summed E-state index contributed by atoms with van der Waals surface area (Å²) in [5.41, 5.74) is 1.30. The van der Waals surface area contributed by atoms with E-state index in [0.29, 0.717) is 11.3 Å². The van der Waals surface area contributed by atoms with Crippen LogP contribution in [0.1, 0.15) is 37.8 Å². The van der Waals surface area contributed by atoms with Gasteiger partial charge in [-0.2, -0.15) is 11.8 Å². The lowest BCUT2D eigenvalue weighted by atomic mass is 10.00. The van der Waals surface area contributed by atoms with Crippen LogP contribution in [-0.2, 0) is 0 Å². The zero-order valence-electron chi connectivity index (χ0n) is 12.6. The number of hydrogen-bond donors (Lipinski definition) is 1. The summed E-state index contributed by atoms with van der Waals surface area (Å²) in [4.78, 5) is 0. The Labute approximate surface area is 126 Å². The SMILES string of the molecule is CCCNC(c1ccc(OC)c(OC)c1)C1CCCS1. The van der Waals surface area contributed by atoms with Crippen molar-refractivity contribution < 1.29 is 9.47 Å². The van der Waals surface area contributed by atoms with E-state index in [1.54, 1.807) is 14.2 Å². The molecule has 0 bridgehead atoms. The number of benzene rings is 1. The number of methoxy groups -OCH3 is 2. The van der Waals surface area contributed by atoms with Crippen molar-refractivity contribution in [2.75, 3.05) is 26.5 Å². The smallest absolute Gasteiger partial charge is 0.161 e. The van der Waals surface area contributed by atoms with E-state index in [1.165, 1.54) is 24.2 Å². The molecule has 1 heterocycles. The van der Waals surface area contributed by atoms with Gasteiger partial charge >= 0.3 is 0 Å². The minimum absolute atomic E-state index is 0.405. The normalized spacial score (nSPS) is 19.9. The second-order valence-corrected chi connectivity index (χ2v) is 6.44. The summed E-state index contributed by atoms with van der Waals surface area (Å²) in [7, 11) is 3.37.